The summed E-state index contributed by atoms with van der Waals surface area (Å²) in [5, 5.41) is 19.0. The van der Waals surface area contributed by atoms with E-state index in [0.717, 1.165) is 43.9 Å². The Morgan fingerprint density at radius 1 is 0.871 bits per heavy atom. The molecule has 4 nitrogen and oxygen atoms in total. The van der Waals surface area contributed by atoms with Gasteiger partial charge in [-0.2, -0.15) is 13.2 Å². The first-order chi connectivity index (χ1) is 14.4. The van der Waals surface area contributed by atoms with E-state index in [-0.39, 0.29) is 6.61 Å². The number of alkyl halides is 3. The summed E-state index contributed by atoms with van der Waals surface area (Å²) in [5.74, 6) is 0. The minimum Gasteiger partial charge on any atom is -0.395 e. The Labute approximate surface area is 183 Å². The highest BCUT2D eigenvalue weighted by Crippen LogP contribution is 2.39. The van der Waals surface area contributed by atoms with Crippen molar-refractivity contribution in [2.45, 2.75) is 18.2 Å². The van der Waals surface area contributed by atoms with Crippen LogP contribution in [0.2, 0.25) is 0 Å². The Morgan fingerprint density at radius 2 is 1.39 bits per heavy atom. The Bertz CT molecular complexity index is 744. The van der Waals surface area contributed by atoms with Gasteiger partial charge < -0.3 is 10.2 Å². The summed E-state index contributed by atoms with van der Waals surface area (Å²) in [6.45, 7) is 23.5. The molecule has 1 aliphatic rings. The summed E-state index contributed by atoms with van der Waals surface area (Å²) in [7, 11) is 0. The Balaban J connectivity index is 2.60. The molecule has 0 saturated carbocycles. The first-order valence-electron chi connectivity index (χ1n) is 10.0. The molecule has 1 fully saturated rings. The van der Waals surface area contributed by atoms with E-state index < -0.39 is 23.8 Å². The van der Waals surface area contributed by atoms with E-state index in [1.54, 1.807) is 12.2 Å². The van der Waals surface area contributed by atoms with Crippen LogP contribution in [0.15, 0.2) is 85.6 Å². The maximum Gasteiger partial charge on any atom is 0.421 e. The molecule has 7 heteroatoms. The molecule has 0 amide bonds. The first-order valence-corrected chi connectivity index (χ1v) is 10.0. The number of allylic oxidation sites excluding steroid dienone is 4. The standard InChI is InChI=1S/C24H33F3N2O2/c1-6-11-23(31,24(25,26)27)22(5)10-9-21(4)20(3)8-7-19(2)18-29-14-12-28(13-15-29)16-17-30/h6-10,30-31H,1-5,11-18H2. The lowest BCUT2D eigenvalue weighted by molar-refractivity contribution is -0.241. The van der Waals surface area contributed by atoms with Crippen LogP contribution in [-0.4, -0.2) is 77.7 Å². The normalized spacial score (nSPS) is 18.2. The van der Waals surface area contributed by atoms with Gasteiger partial charge in [0, 0.05) is 45.7 Å². The number of β-amino-alcohol motifs (C(OH)–C–C–N with tert-alkyl or cyclic N) is 1. The molecule has 0 aromatic heterocycles. The number of halogens is 3. The molecule has 31 heavy (non-hydrogen) atoms. The summed E-state index contributed by atoms with van der Waals surface area (Å²) in [6, 6.07) is 0. The second kappa shape index (κ2) is 12.0. The zero-order valence-electron chi connectivity index (χ0n) is 18.0. The quantitative estimate of drug-likeness (QED) is 0.359. The zero-order chi connectivity index (χ0) is 23.7. The minimum atomic E-state index is -4.87. The van der Waals surface area contributed by atoms with Gasteiger partial charge >= 0.3 is 6.18 Å². The molecule has 1 atom stereocenters. The maximum atomic E-state index is 13.2. The van der Waals surface area contributed by atoms with Crippen molar-refractivity contribution in [1.82, 2.24) is 9.80 Å². The first kappa shape index (κ1) is 26.8. The van der Waals surface area contributed by atoms with Gasteiger partial charge in [-0.3, -0.25) is 9.80 Å². The van der Waals surface area contributed by atoms with Crippen LogP contribution in [0, 0.1) is 0 Å². The van der Waals surface area contributed by atoms with Crippen LogP contribution >= 0.6 is 0 Å². The van der Waals surface area contributed by atoms with Gasteiger partial charge in [0.2, 0.25) is 0 Å². The summed E-state index contributed by atoms with van der Waals surface area (Å²) in [4.78, 5) is 4.47. The molecule has 172 valence electrons. The van der Waals surface area contributed by atoms with Crippen LogP contribution in [0.25, 0.3) is 0 Å². The van der Waals surface area contributed by atoms with Gasteiger partial charge in [-0.05, 0) is 22.3 Å². The van der Waals surface area contributed by atoms with Crippen LogP contribution in [-0.2, 0) is 0 Å². The van der Waals surface area contributed by atoms with Crippen LogP contribution in [0.3, 0.4) is 0 Å². The van der Waals surface area contributed by atoms with E-state index >= 15 is 0 Å². The van der Waals surface area contributed by atoms with Crippen molar-refractivity contribution in [3.8, 4) is 0 Å². The average Bonchev–Trinajstić information content (AvgIpc) is 2.70. The number of aliphatic hydroxyl groups is 2. The fourth-order valence-electron chi connectivity index (χ4n) is 3.06. The SMILES string of the molecule is C=CCC(O)(C(=C)C=CC(=C)C(=C)C=CC(=C)CN1CCN(CCO)CC1)C(F)(F)F. The fraction of sp³-hybridized carbons (Fsp3) is 0.417. The number of rotatable bonds is 12. The molecule has 1 heterocycles. The number of nitrogens with zero attached hydrogens (tertiary/aromatic N) is 2. The smallest absolute Gasteiger partial charge is 0.395 e. The van der Waals surface area contributed by atoms with Crippen LogP contribution in [0.5, 0.6) is 0 Å². The lowest BCUT2D eigenvalue weighted by Gasteiger charge is -2.34. The van der Waals surface area contributed by atoms with Gasteiger partial charge in [0.1, 0.15) is 0 Å². The highest BCUT2D eigenvalue weighted by molar-refractivity contribution is 5.46. The predicted molar refractivity (Wildman–Crippen MR) is 121 cm³/mol. The Kier molecular flexibility index (Phi) is 10.4. The summed E-state index contributed by atoms with van der Waals surface area (Å²) < 4.78 is 39.6. The average molecular weight is 439 g/mol. The van der Waals surface area contributed by atoms with Crippen molar-refractivity contribution in [1.29, 1.82) is 0 Å². The number of hydrogen-bond acceptors (Lipinski definition) is 4. The van der Waals surface area contributed by atoms with Crippen LogP contribution < -0.4 is 0 Å². The molecule has 2 N–H and O–H groups in total. The molecule has 1 rings (SSSR count). The van der Waals surface area contributed by atoms with Crippen molar-refractivity contribution >= 4 is 0 Å². The van der Waals surface area contributed by atoms with E-state index in [1.165, 1.54) is 6.08 Å². The van der Waals surface area contributed by atoms with Gasteiger partial charge in [0.25, 0.3) is 0 Å². The molecule has 0 radical (unpaired) electrons. The molecular weight excluding hydrogens is 405 g/mol. The zero-order valence-corrected chi connectivity index (χ0v) is 18.0. The Hall–Kier alpha value is -2.19. The number of piperazine rings is 1. The molecular formula is C24H33F3N2O2. The van der Waals surface area contributed by atoms with Gasteiger partial charge in [0.05, 0.1) is 6.61 Å². The highest BCUT2D eigenvalue weighted by atomic mass is 19.4. The number of aliphatic hydroxyl groups excluding tert-OH is 1. The third kappa shape index (κ3) is 8.10. The molecule has 0 aromatic rings. The van der Waals surface area contributed by atoms with Crippen molar-refractivity contribution in [2.75, 3.05) is 45.9 Å². The van der Waals surface area contributed by atoms with Crippen molar-refractivity contribution in [3.05, 3.63) is 85.6 Å². The third-order valence-corrected chi connectivity index (χ3v) is 5.17. The predicted octanol–water partition coefficient (Wildman–Crippen LogP) is 3.80. The third-order valence-electron chi connectivity index (χ3n) is 5.17. The van der Waals surface area contributed by atoms with Gasteiger partial charge in [-0.1, -0.05) is 56.7 Å². The fourth-order valence-corrected chi connectivity index (χ4v) is 3.06. The van der Waals surface area contributed by atoms with Crippen LogP contribution in [0.1, 0.15) is 6.42 Å². The maximum absolute atomic E-state index is 13.2. The van der Waals surface area contributed by atoms with E-state index in [0.29, 0.717) is 24.2 Å². The van der Waals surface area contributed by atoms with Gasteiger partial charge in [0.15, 0.2) is 5.60 Å². The summed E-state index contributed by atoms with van der Waals surface area (Å²) >= 11 is 0. The number of hydrogen-bond donors (Lipinski definition) is 2. The molecule has 0 aromatic carbocycles. The van der Waals surface area contributed by atoms with E-state index in [4.69, 9.17) is 5.11 Å². The lowest BCUT2D eigenvalue weighted by Crippen LogP contribution is -2.47. The monoisotopic (exact) mass is 438 g/mol. The lowest BCUT2D eigenvalue weighted by atomic mass is 9.89. The molecule has 0 bridgehead atoms. The molecule has 1 saturated heterocycles. The van der Waals surface area contributed by atoms with E-state index in [2.05, 4.69) is 42.7 Å². The largest absolute Gasteiger partial charge is 0.421 e. The van der Waals surface area contributed by atoms with Crippen molar-refractivity contribution < 1.29 is 23.4 Å². The molecule has 0 aliphatic carbocycles. The topological polar surface area (TPSA) is 46.9 Å². The van der Waals surface area contributed by atoms with E-state index in [1.807, 2.05) is 0 Å². The van der Waals surface area contributed by atoms with Gasteiger partial charge in [-0.25, -0.2) is 0 Å². The summed E-state index contributed by atoms with van der Waals surface area (Å²) in [6.07, 6.45) is 1.39. The summed E-state index contributed by atoms with van der Waals surface area (Å²) in [5.41, 5.74) is -1.79. The minimum absolute atomic E-state index is 0.160. The highest BCUT2D eigenvalue weighted by Gasteiger charge is 2.54. The van der Waals surface area contributed by atoms with Gasteiger partial charge in [-0.15, -0.1) is 6.58 Å². The molecule has 1 aliphatic heterocycles. The second-order valence-electron chi connectivity index (χ2n) is 7.59. The van der Waals surface area contributed by atoms with E-state index in [9.17, 15) is 18.3 Å². The Morgan fingerprint density at radius 3 is 1.87 bits per heavy atom. The van der Waals surface area contributed by atoms with Crippen LogP contribution in [0.4, 0.5) is 13.2 Å². The second-order valence-corrected chi connectivity index (χ2v) is 7.59. The van der Waals surface area contributed by atoms with Crippen molar-refractivity contribution in [2.24, 2.45) is 0 Å². The van der Waals surface area contributed by atoms with Crippen molar-refractivity contribution in [3.63, 3.8) is 0 Å². The molecule has 1 unspecified atom stereocenters. The molecule has 0 spiro atoms.